The number of hydrogen-bond acceptors (Lipinski definition) is 3. The molecule has 7 aromatic carbocycles. The molecular formula is C41H24N2OS. The molecule has 210 valence electrons. The van der Waals surface area contributed by atoms with Crippen molar-refractivity contribution in [3.05, 3.63) is 146 Å². The zero-order valence-corrected chi connectivity index (χ0v) is 24.9. The Morgan fingerprint density at radius 1 is 0.556 bits per heavy atom. The fourth-order valence-electron chi connectivity index (χ4n) is 6.98. The lowest BCUT2D eigenvalue weighted by Crippen LogP contribution is -1.94. The maximum absolute atomic E-state index is 6.71. The number of fused-ring (bicyclic) bond motifs is 10. The summed E-state index contributed by atoms with van der Waals surface area (Å²) < 4.78 is 11.6. The van der Waals surface area contributed by atoms with Crippen molar-refractivity contribution in [3.8, 4) is 28.3 Å². The Morgan fingerprint density at radius 2 is 1.29 bits per heavy atom. The van der Waals surface area contributed by atoms with Crippen molar-refractivity contribution in [2.24, 2.45) is 0 Å². The van der Waals surface area contributed by atoms with Gasteiger partial charge in [0.05, 0.1) is 11.0 Å². The Labute approximate surface area is 262 Å². The number of nitrogens with zero attached hydrogens (tertiary/aromatic N) is 2. The molecule has 0 atom stereocenters. The van der Waals surface area contributed by atoms with Crippen molar-refractivity contribution < 1.29 is 4.42 Å². The van der Waals surface area contributed by atoms with E-state index in [1.807, 2.05) is 0 Å². The number of rotatable bonds is 3. The Balaban J connectivity index is 1.19. The maximum atomic E-state index is 6.71. The maximum Gasteiger partial charge on any atom is 0.227 e. The van der Waals surface area contributed by atoms with Crippen LogP contribution in [0.25, 0.3) is 92.1 Å². The van der Waals surface area contributed by atoms with Crippen molar-refractivity contribution in [2.45, 2.75) is 0 Å². The number of thiophene rings is 1. The van der Waals surface area contributed by atoms with Crippen LogP contribution in [0.1, 0.15) is 0 Å². The van der Waals surface area contributed by atoms with Gasteiger partial charge in [-0.3, -0.25) is 0 Å². The van der Waals surface area contributed by atoms with Crippen LogP contribution in [0.15, 0.2) is 150 Å². The molecule has 0 saturated heterocycles. The summed E-state index contributed by atoms with van der Waals surface area (Å²) in [5.41, 5.74) is 8.44. The highest BCUT2D eigenvalue weighted by Crippen LogP contribution is 2.44. The van der Waals surface area contributed by atoms with Gasteiger partial charge in [0.1, 0.15) is 5.52 Å². The largest absolute Gasteiger partial charge is 0.435 e. The van der Waals surface area contributed by atoms with Crippen molar-refractivity contribution in [2.75, 3.05) is 0 Å². The molecular weight excluding hydrogens is 569 g/mol. The number of para-hydroxylation sites is 1. The second kappa shape index (κ2) is 9.39. The third kappa shape index (κ3) is 3.60. The van der Waals surface area contributed by atoms with Crippen LogP contribution in [0.3, 0.4) is 0 Å². The Kier molecular flexibility index (Phi) is 5.16. The third-order valence-corrected chi connectivity index (χ3v) is 10.1. The second-order valence-electron chi connectivity index (χ2n) is 11.5. The van der Waals surface area contributed by atoms with Crippen LogP contribution >= 0.6 is 11.3 Å². The number of hydrogen-bond donors (Lipinski definition) is 0. The van der Waals surface area contributed by atoms with Gasteiger partial charge < -0.3 is 8.98 Å². The molecule has 0 unspecified atom stereocenters. The van der Waals surface area contributed by atoms with Gasteiger partial charge in [0, 0.05) is 53.1 Å². The average molecular weight is 593 g/mol. The summed E-state index contributed by atoms with van der Waals surface area (Å²) in [7, 11) is 0. The summed E-state index contributed by atoms with van der Waals surface area (Å²) in [6.07, 6.45) is 0. The molecule has 0 aliphatic heterocycles. The lowest BCUT2D eigenvalue weighted by molar-refractivity contribution is 0.623. The number of aromatic nitrogens is 2. The first kappa shape index (κ1) is 24.7. The van der Waals surface area contributed by atoms with Crippen molar-refractivity contribution in [3.63, 3.8) is 0 Å². The van der Waals surface area contributed by atoms with Gasteiger partial charge in [0.25, 0.3) is 0 Å². The van der Waals surface area contributed by atoms with Crippen molar-refractivity contribution >= 4 is 75.2 Å². The predicted molar refractivity (Wildman–Crippen MR) is 190 cm³/mol. The summed E-state index contributed by atoms with van der Waals surface area (Å²) in [6, 6.07) is 51.7. The van der Waals surface area contributed by atoms with E-state index in [-0.39, 0.29) is 0 Å². The fraction of sp³-hybridized carbons (Fsp3) is 0. The second-order valence-corrected chi connectivity index (χ2v) is 12.6. The molecule has 0 aliphatic rings. The molecule has 0 spiro atoms. The first-order valence-corrected chi connectivity index (χ1v) is 16.0. The Morgan fingerprint density at radius 3 is 2.16 bits per heavy atom. The minimum Gasteiger partial charge on any atom is -0.435 e. The molecule has 4 heteroatoms. The highest BCUT2D eigenvalue weighted by atomic mass is 32.1. The summed E-state index contributed by atoms with van der Waals surface area (Å²) in [6.45, 7) is 0. The zero-order valence-electron chi connectivity index (χ0n) is 24.1. The van der Waals surface area contributed by atoms with E-state index in [4.69, 9.17) is 9.40 Å². The van der Waals surface area contributed by atoms with Crippen LogP contribution in [-0.4, -0.2) is 9.55 Å². The van der Waals surface area contributed by atoms with Crippen LogP contribution in [0.4, 0.5) is 0 Å². The molecule has 10 aromatic rings. The monoisotopic (exact) mass is 592 g/mol. The van der Waals surface area contributed by atoms with Gasteiger partial charge in [-0.25, -0.2) is 4.98 Å². The van der Waals surface area contributed by atoms with Crippen LogP contribution < -0.4 is 0 Å². The predicted octanol–water partition coefficient (Wildman–Crippen LogP) is 11.8. The molecule has 0 amide bonds. The lowest BCUT2D eigenvalue weighted by atomic mass is 10.0. The Bertz CT molecular complexity index is 2750. The smallest absolute Gasteiger partial charge is 0.227 e. The summed E-state index contributed by atoms with van der Waals surface area (Å²) in [5, 5.41) is 7.33. The molecule has 10 rings (SSSR count). The quantitative estimate of drug-likeness (QED) is 0.204. The molecule has 3 heterocycles. The van der Waals surface area contributed by atoms with E-state index < -0.39 is 0 Å². The molecule has 3 nitrogen and oxygen atoms in total. The van der Waals surface area contributed by atoms with Crippen LogP contribution in [0.2, 0.25) is 0 Å². The highest BCUT2D eigenvalue weighted by molar-refractivity contribution is 7.26. The molecule has 0 radical (unpaired) electrons. The minimum atomic E-state index is 0.629. The topological polar surface area (TPSA) is 31.0 Å². The fourth-order valence-corrected chi connectivity index (χ4v) is 8.13. The van der Waals surface area contributed by atoms with Gasteiger partial charge >= 0.3 is 0 Å². The van der Waals surface area contributed by atoms with Gasteiger partial charge in [-0.1, -0.05) is 103 Å². The standard InChI is InChI=1S/C41H24N2OS/c1-2-10-25(11-3-1)33-24-36-37(32-15-7-9-17-35(32)45-36)40-38(33)42-41(44-40)27-18-21-28(22-19-27)43-34-16-8-6-14-30(34)31-23-20-26-12-4-5-13-29(26)39(31)43/h1-24H. The molecule has 0 aliphatic carbocycles. The van der Waals surface area contributed by atoms with E-state index >= 15 is 0 Å². The summed E-state index contributed by atoms with van der Waals surface area (Å²) >= 11 is 1.80. The molecule has 0 bridgehead atoms. The van der Waals surface area contributed by atoms with E-state index in [9.17, 15) is 0 Å². The number of oxazole rings is 1. The zero-order chi connectivity index (χ0) is 29.5. The van der Waals surface area contributed by atoms with Gasteiger partial charge in [0.2, 0.25) is 5.89 Å². The summed E-state index contributed by atoms with van der Waals surface area (Å²) in [4.78, 5) is 5.16. The normalized spacial score (nSPS) is 12.0. The average Bonchev–Trinajstić information content (AvgIpc) is 3.80. The summed E-state index contributed by atoms with van der Waals surface area (Å²) in [5.74, 6) is 0.629. The van der Waals surface area contributed by atoms with Gasteiger partial charge in [-0.15, -0.1) is 11.3 Å². The van der Waals surface area contributed by atoms with E-state index in [1.165, 1.54) is 47.4 Å². The van der Waals surface area contributed by atoms with E-state index in [2.05, 4.69) is 150 Å². The van der Waals surface area contributed by atoms with Crippen molar-refractivity contribution in [1.82, 2.24) is 9.55 Å². The van der Waals surface area contributed by atoms with Crippen LogP contribution in [0.5, 0.6) is 0 Å². The van der Waals surface area contributed by atoms with E-state index in [1.54, 1.807) is 11.3 Å². The van der Waals surface area contributed by atoms with Gasteiger partial charge in [0.15, 0.2) is 5.58 Å². The first-order chi connectivity index (χ1) is 22.3. The van der Waals surface area contributed by atoms with E-state index in [0.717, 1.165) is 38.9 Å². The third-order valence-electron chi connectivity index (χ3n) is 9.02. The molecule has 45 heavy (non-hydrogen) atoms. The number of benzene rings is 7. The van der Waals surface area contributed by atoms with Crippen molar-refractivity contribution in [1.29, 1.82) is 0 Å². The molecule has 0 N–H and O–H groups in total. The molecule has 0 saturated carbocycles. The minimum absolute atomic E-state index is 0.629. The van der Waals surface area contributed by atoms with Crippen LogP contribution in [0, 0.1) is 0 Å². The lowest BCUT2D eigenvalue weighted by Gasteiger charge is -2.10. The van der Waals surface area contributed by atoms with Gasteiger partial charge in [-0.2, -0.15) is 0 Å². The highest BCUT2D eigenvalue weighted by Gasteiger charge is 2.20. The van der Waals surface area contributed by atoms with Gasteiger partial charge in [-0.05, 0) is 53.4 Å². The molecule has 3 aromatic heterocycles. The van der Waals surface area contributed by atoms with Crippen LogP contribution in [-0.2, 0) is 0 Å². The SMILES string of the molecule is c1ccc(-c2cc3sc4ccccc4c3c3oc(-c4ccc(-n5c6ccccc6c6ccc7ccccc7c65)cc4)nc23)cc1. The molecule has 0 fully saturated rings. The van der Waals surface area contributed by atoms with E-state index in [0.29, 0.717) is 5.89 Å². The first-order valence-electron chi connectivity index (χ1n) is 15.1. The Hall–Kier alpha value is -5.71.